The van der Waals surface area contributed by atoms with Crippen molar-refractivity contribution in [3.63, 3.8) is 0 Å². The normalized spacial score (nSPS) is 10.5. The fourth-order valence-corrected chi connectivity index (χ4v) is 1.63. The lowest BCUT2D eigenvalue weighted by molar-refractivity contribution is 0.647. The summed E-state index contributed by atoms with van der Waals surface area (Å²) in [5, 5.41) is 3.20. The van der Waals surface area contributed by atoms with Crippen molar-refractivity contribution in [2.45, 2.75) is 20.3 Å². The minimum absolute atomic E-state index is 0.731. The summed E-state index contributed by atoms with van der Waals surface area (Å²) in [5.74, 6) is 0.731. The summed E-state index contributed by atoms with van der Waals surface area (Å²) < 4.78 is 0. The van der Waals surface area contributed by atoms with Crippen LogP contribution in [0.15, 0.2) is 24.3 Å². The van der Waals surface area contributed by atoms with Gasteiger partial charge >= 0.3 is 0 Å². The van der Waals surface area contributed by atoms with Gasteiger partial charge in [0.2, 0.25) is 0 Å². The van der Waals surface area contributed by atoms with Gasteiger partial charge in [0.15, 0.2) is 0 Å². The number of hydrogen-bond acceptors (Lipinski definition) is 1. The van der Waals surface area contributed by atoms with Gasteiger partial charge in [-0.2, -0.15) is 0 Å². The molecule has 1 rings (SSSR count). The van der Waals surface area contributed by atoms with Crippen molar-refractivity contribution in [2.24, 2.45) is 5.92 Å². The molecular formula is C11H16BrN. The molecular weight excluding hydrogens is 226 g/mol. The van der Waals surface area contributed by atoms with Gasteiger partial charge in [-0.25, -0.2) is 0 Å². The van der Waals surface area contributed by atoms with Crippen molar-refractivity contribution in [2.75, 3.05) is 10.8 Å². The molecule has 0 atom stereocenters. The lowest BCUT2D eigenvalue weighted by Gasteiger charge is -2.06. The zero-order valence-corrected chi connectivity index (χ0v) is 9.76. The Hall–Kier alpha value is -0.500. The van der Waals surface area contributed by atoms with E-state index in [9.17, 15) is 0 Å². The van der Waals surface area contributed by atoms with E-state index in [4.69, 9.17) is 0 Å². The van der Waals surface area contributed by atoms with Gasteiger partial charge in [0.1, 0.15) is 0 Å². The first-order valence-electron chi connectivity index (χ1n) is 4.61. The first kappa shape index (κ1) is 10.6. The summed E-state index contributed by atoms with van der Waals surface area (Å²) in [6.07, 6.45) is 1.16. The van der Waals surface area contributed by atoms with E-state index in [1.165, 1.54) is 11.3 Å². The summed E-state index contributed by atoms with van der Waals surface area (Å²) >= 11 is 3.33. The Morgan fingerprint density at radius 1 is 1.23 bits per heavy atom. The molecule has 1 nitrogen and oxygen atoms in total. The third kappa shape index (κ3) is 3.81. The quantitative estimate of drug-likeness (QED) is 0.627. The molecule has 1 aromatic carbocycles. The number of nitrogens with one attached hydrogen (secondary N) is 1. The lowest BCUT2D eigenvalue weighted by atomic mass is 10.0. The summed E-state index contributed by atoms with van der Waals surface area (Å²) in [4.78, 5) is 0. The average molecular weight is 242 g/mol. The van der Waals surface area contributed by atoms with Crippen molar-refractivity contribution >= 4 is 21.6 Å². The molecule has 0 aromatic heterocycles. The van der Waals surface area contributed by atoms with Crippen LogP contribution in [0.3, 0.4) is 0 Å². The van der Waals surface area contributed by atoms with Gasteiger partial charge in [-0.05, 0) is 30.0 Å². The number of anilines is 1. The summed E-state index contributed by atoms with van der Waals surface area (Å²) in [6.45, 7) is 4.48. The monoisotopic (exact) mass is 241 g/mol. The highest BCUT2D eigenvalue weighted by atomic mass is 79.9. The minimum Gasteiger partial charge on any atom is -0.375 e. The zero-order valence-electron chi connectivity index (χ0n) is 8.18. The highest BCUT2D eigenvalue weighted by Crippen LogP contribution is 2.12. The van der Waals surface area contributed by atoms with Gasteiger partial charge in [-0.1, -0.05) is 41.9 Å². The molecule has 0 saturated carbocycles. The first-order chi connectivity index (χ1) is 6.22. The molecule has 1 aromatic rings. The van der Waals surface area contributed by atoms with Gasteiger partial charge < -0.3 is 5.32 Å². The minimum atomic E-state index is 0.731. The Kier molecular flexibility index (Phi) is 4.29. The molecule has 2 heteroatoms. The summed E-state index contributed by atoms with van der Waals surface area (Å²) in [7, 11) is 0. The van der Waals surface area contributed by atoms with Crippen molar-refractivity contribution < 1.29 is 0 Å². The van der Waals surface area contributed by atoms with Crippen LogP contribution in [-0.4, -0.2) is 5.45 Å². The number of hydrogen-bond donors (Lipinski definition) is 1. The third-order valence-corrected chi connectivity index (χ3v) is 2.15. The SMILES string of the molecule is CC(C)Cc1ccc(NCBr)cc1. The Bertz CT molecular complexity index is 241. The topological polar surface area (TPSA) is 12.0 Å². The lowest BCUT2D eigenvalue weighted by Crippen LogP contribution is -1.96. The van der Waals surface area contributed by atoms with E-state index in [0.717, 1.165) is 17.8 Å². The molecule has 0 bridgehead atoms. The van der Waals surface area contributed by atoms with Crippen LogP contribution in [0.2, 0.25) is 0 Å². The van der Waals surface area contributed by atoms with Crippen LogP contribution in [0.1, 0.15) is 19.4 Å². The molecule has 72 valence electrons. The molecule has 0 aliphatic heterocycles. The zero-order chi connectivity index (χ0) is 9.68. The number of benzene rings is 1. The van der Waals surface area contributed by atoms with Crippen LogP contribution < -0.4 is 5.32 Å². The Labute approximate surface area is 88.7 Å². The van der Waals surface area contributed by atoms with Gasteiger partial charge in [0.25, 0.3) is 0 Å². The third-order valence-electron chi connectivity index (χ3n) is 1.87. The molecule has 1 N–H and O–H groups in total. The van der Waals surface area contributed by atoms with Gasteiger partial charge in [0, 0.05) is 5.69 Å². The number of alkyl halides is 1. The molecule has 0 radical (unpaired) electrons. The molecule has 0 amide bonds. The van der Waals surface area contributed by atoms with Crippen molar-refractivity contribution in [1.29, 1.82) is 0 Å². The molecule has 0 heterocycles. The van der Waals surface area contributed by atoms with Crippen LogP contribution in [-0.2, 0) is 6.42 Å². The summed E-state index contributed by atoms with van der Waals surface area (Å²) in [6, 6.07) is 8.62. The van der Waals surface area contributed by atoms with Crippen LogP contribution in [0, 0.1) is 5.92 Å². The van der Waals surface area contributed by atoms with E-state index in [-0.39, 0.29) is 0 Å². The first-order valence-corrected chi connectivity index (χ1v) is 5.73. The van der Waals surface area contributed by atoms with Crippen LogP contribution in [0.4, 0.5) is 5.69 Å². The Balaban J connectivity index is 2.59. The van der Waals surface area contributed by atoms with Crippen molar-refractivity contribution in [1.82, 2.24) is 0 Å². The number of rotatable bonds is 4. The predicted octanol–water partition coefficient (Wildman–Crippen LogP) is 3.65. The fourth-order valence-electron chi connectivity index (χ4n) is 1.31. The maximum atomic E-state index is 3.33. The maximum Gasteiger partial charge on any atom is 0.0707 e. The van der Waals surface area contributed by atoms with E-state index >= 15 is 0 Å². The largest absolute Gasteiger partial charge is 0.375 e. The number of halogens is 1. The van der Waals surface area contributed by atoms with Crippen LogP contribution >= 0.6 is 15.9 Å². The second-order valence-electron chi connectivity index (χ2n) is 3.61. The van der Waals surface area contributed by atoms with Crippen LogP contribution in [0.25, 0.3) is 0 Å². The van der Waals surface area contributed by atoms with Crippen molar-refractivity contribution in [3.05, 3.63) is 29.8 Å². The van der Waals surface area contributed by atoms with Crippen LogP contribution in [0.5, 0.6) is 0 Å². The Morgan fingerprint density at radius 2 is 1.85 bits per heavy atom. The van der Waals surface area contributed by atoms with Gasteiger partial charge in [-0.3, -0.25) is 0 Å². The second-order valence-corrected chi connectivity index (χ2v) is 4.17. The standard InChI is InChI=1S/C11H16BrN/c1-9(2)7-10-3-5-11(6-4-10)13-8-12/h3-6,9,13H,7-8H2,1-2H3. The molecule has 0 spiro atoms. The molecule has 13 heavy (non-hydrogen) atoms. The van der Waals surface area contributed by atoms with E-state index < -0.39 is 0 Å². The highest BCUT2D eigenvalue weighted by molar-refractivity contribution is 9.09. The van der Waals surface area contributed by atoms with Gasteiger partial charge in [0.05, 0.1) is 5.45 Å². The van der Waals surface area contributed by atoms with E-state index in [2.05, 4.69) is 59.4 Å². The predicted molar refractivity (Wildman–Crippen MR) is 62.4 cm³/mol. The highest BCUT2D eigenvalue weighted by Gasteiger charge is 1.97. The molecule has 0 fully saturated rings. The van der Waals surface area contributed by atoms with E-state index in [1.807, 2.05) is 0 Å². The maximum absolute atomic E-state index is 3.33. The smallest absolute Gasteiger partial charge is 0.0707 e. The van der Waals surface area contributed by atoms with E-state index in [0.29, 0.717) is 0 Å². The van der Waals surface area contributed by atoms with Crippen molar-refractivity contribution in [3.8, 4) is 0 Å². The molecule has 0 saturated heterocycles. The second kappa shape index (κ2) is 5.28. The molecule has 0 unspecified atom stereocenters. The molecule has 0 aliphatic carbocycles. The summed E-state index contributed by atoms with van der Waals surface area (Å²) in [5.41, 5.74) is 3.38. The van der Waals surface area contributed by atoms with Gasteiger partial charge in [-0.15, -0.1) is 0 Å². The van der Waals surface area contributed by atoms with E-state index in [1.54, 1.807) is 0 Å². The Morgan fingerprint density at radius 3 is 2.31 bits per heavy atom. The average Bonchev–Trinajstić information content (AvgIpc) is 2.08. The molecule has 0 aliphatic rings. The fraction of sp³-hybridized carbons (Fsp3) is 0.455.